The first-order chi connectivity index (χ1) is 13.2. The Morgan fingerprint density at radius 3 is 2.21 bits per heavy atom. The minimum absolute atomic E-state index is 0.241. The highest BCUT2D eigenvalue weighted by Crippen LogP contribution is 2.40. The first-order valence-electron chi connectivity index (χ1n) is 8.29. The molecule has 0 N–H and O–H groups in total. The molecule has 0 fully saturated rings. The Morgan fingerprint density at radius 1 is 1.11 bits per heavy atom. The molecule has 144 valence electrons. The molecule has 0 aliphatic rings. The molecule has 2 aromatic carbocycles. The van der Waals surface area contributed by atoms with Gasteiger partial charge in [0.25, 0.3) is 0 Å². The fourth-order valence-electron chi connectivity index (χ4n) is 2.58. The van der Waals surface area contributed by atoms with Crippen LogP contribution < -0.4 is 0 Å². The zero-order valence-electron chi connectivity index (χ0n) is 15.2. The third-order valence-electron chi connectivity index (χ3n) is 4.09. The van der Waals surface area contributed by atoms with E-state index < -0.39 is 9.84 Å². The van der Waals surface area contributed by atoms with Crippen molar-refractivity contribution in [1.29, 1.82) is 0 Å². The molecule has 28 heavy (non-hydrogen) atoms. The van der Waals surface area contributed by atoms with E-state index in [4.69, 9.17) is 11.6 Å². The van der Waals surface area contributed by atoms with Gasteiger partial charge in [0.1, 0.15) is 10.8 Å². The molecule has 0 saturated carbocycles. The molecule has 0 radical (unpaired) electrons. The summed E-state index contributed by atoms with van der Waals surface area (Å²) in [4.78, 5) is 5.74. The highest BCUT2D eigenvalue weighted by atomic mass is 35.5. The van der Waals surface area contributed by atoms with Crippen LogP contribution in [0.5, 0.6) is 0 Å². The predicted octanol–water partition coefficient (Wildman–Crippen LogP) is 6.18. The summed E-state index contributed by atoms with van der Waals surface area (Å²) >= 11 is 7.61. The Morgan fingerprint density at radius 2 is 1.68 bits per heavy atom. The first-order valence-corrected chi connectivity index (χ1v) is 11.4. The van der Waals surface area contributed by atoms with Crippen LogP contribution in [0.1, 0.15) is 11.9 Å². The van der Waals surface area contributed by atoms with Gasteiger partial charge in [0, 0.05) is 22.4 Å². The van der Waals surface area contributed by atoms with Gasteiger partial charge in [-0.3, -0.25) is 0 Å². The minimum Gasteiger partial charge on any atom is -0.235 e. The summed E-state index contributed by atoms with van der Waals surface area (Å²) in [5.41, 5.74) is 2.81. The summed E-state index contributed by atoms with van der Waals surface area (Å²) in [6, 6.07) is 12.7. The van der Waals surface area contributed by atoms with Crippen LogP contribution in [-0.2, 0) is 9.84 Å². The van der Waals surface area contributed by atoms with Crippen molar-refractivity contribution in [2.24, 2.45) is 0 Å². The van der Waals surface area contributed by atoms with Gasteiger partial charge in [0.05, 0.1) is 15.5 Å². The average Bonchev–Trinajstić information content (AvgIpc) is 3.12. The number of hydrogen-bond acceptors (Lipinski definition) is 4. The molecule has 0 unspecified atom stereocenters. The van der Waals surface area contributed by atoms with Gasteiger partial charge in [-0.15, -0.1) is 11.3 Å². The Hall–Kier alpha value is -2.28. The molecule has 1 heterocycles. The molecule has 1 aromatic heterocycles. The zero-order chi connectivity index (χ0) is 20.5. The first kappa shape index (κ1) is 20.5. The van der Waals surface area contributed by atoms with Gasteiger partial charge in [0.2, 0.25) is 0 Å². The molecule has 3 rings (SSSR count). The molecule has 3 aromatic rings. The summed E-state index contributed by atoms with van der Waals surface area (Å²) in [5, 5.41) is 1.14. The van der Waals surface area contributed by atoms with Crippen molar-refractivity contribution in [3.63, 3.8) is 0 Å². The Kier molecular flexibility index (Phi) is 5.84. The largest absolute Gasteiger partial charge is 0.235 e. The highest BCUT2D eigenvalue weighted by molar-refractivity contribution is 7.90. The summed E-state index contributed by atoms with van der Waals surface area (Å²) in [5.74, 6) is -0.334. The van der Waals surface area contributed by atoms with Crippen LogP contribution in [0, 0.1) is 5.82 Å². The molecule has 0 atom stereocenters. The third-order valence-corrected chi connectivity index (χ3v) is 6.83. The maximum Gasteiger partial charge on any atom is 0.175 e. The number of benzene rings is 2. The van der Waals surface area contributed by atoms with E-state index in [0.29, 0.717) is 21.3 Å². The number of aromatic nitrogens is 1. The van der Waals surface area contributed by atoms with Crippen LogP contribution in [0.25, 0.3) is 27.3 Å². The molecule has 0 bridgehead atoms. The van der Waals surface area contributed by atoms with Crippen LogP contribution in [0.15, 0.2) is 71.1 Å². The molecule has 0 saturated heterocycles. The van der Waals surface area contributed by atoms with Gasteiger partial charge in [-0.25, -0.2) is 17.8 Å². The topological polar surface area (TPSA) is 47.0 Å². The lowest BCUT2D eigenvalue weighted by Crippen LogP contribution is -1.96. The van der Waals surface area contributed by atoms with E-state index in [2.05, 4.69) is 11.6 Å². The summed E-state index contributed by atoms with van der Waals surface area (Å²) < 4.78 is 36.8. The monoisotopic (exact) mass is 433 g/mol. The van der Waals surface area contributed by atoms with E-state index in [1.54, 1.807) is 42.5 Å². The molecule has 0 aliphatic carbocycles. The molecule has 0 amide bonds. The van der Waals surface area contributed by atoms with Crippen molar-refractivity contribution in [2.45, 2.75) is 11.8 Å². The Labute approximate surface area is 172 Å². The van der Waals surface area contributed by atoms with Crippen LogP contribution in [0.2, 0.25) is 0 Å². The molecule has 0 spiro atoms. The maximum atomic E-state index is 13.4. The number of rotatable bonds is 5. The van der Waals surface area contributed by atoms with E-state index in [0.717, 1.165) is 16.0 Å². The van der Waals surface area contributed by atoms with Crippen molar-refractivity contribution in [1.82, 2.24) is 4.98 Å². The van der Waals surface area contributed by atoms with Crippen LogP contribution in [0.3, 0.4) is 0 Å². The van der Waals surface area contributed by atoms with Gasteiger partial charge < -0.3 is 0 Å². The number of hydrogen-bond donors (Lipinski definition) is 0. The second-order valence-corrected chi connectivity index (χ2v) is 9.54. The Balaban J connectivity index is 2.16. The van der Waals surface area contributed by atoms with Crippen LogP contribution >= 0.6 is 22.9 Å². The standard InChI is InChI=1S/C21H17ClFNO2S2/c1-4-18(22)13(2)21-24-19(14-5-9-16(23)10-6-14)20(27-21)15-7-11-17(12-8-15)28(3,25)26/h4-12H,2H2,1,3H3/b18-4+. The molecule has 3 nitrogen and oxygen atoms in total. The lowest BCUT2D eigenvalue weighted by Gasteiger charge is -2.04. The highest BCUT2D eigenvalue weighted by Gasteiger charge is 2.18. The number of halogens is 2. The van der Waals surface area contributed by atoms with E-state index >= 15 is 0 Å². The van der Waals surface area contributed by atoms with E-state index in [-0.39, 0.29) is 10.7 Å². The normalized spacial score (nSPS) is 12.2. The van der Waals surface area contributed by atoms with Crippen molar-refractivity contribution >= 4 is 38.3 Å². The smallest absolute Gasteiger partial charge is 0.175 e. The van der Waals surface area contributed by atoms with Crippen LogP contribution in [-0.4, -0.2) is 19.7 Å². The van der Waals surface area contributed by atoms with E-state index in [1.165, 1.54) is 29.7 Å². The number of nitrogens with zero attached hydrogens (tertiary/aromatic N) is 1. The SMILES string of the molecule is C=C(/C(Cl)=C\C)c1nc(-c2ccc(F)cc2)c(-c2ccc(S(C)(=O)=O)cc2)s1. The molecule has 7 heteroatoms. The van der Waals surface area contributed by atoms with E-state index in [1.807, 2.05) is 6.92 Å². The summed E-state index contributed by atoms with van der Waals surface area (Å²) in [6.45, 7) is 5.82. The van der Waals surface area contributed by atoms with Crippen molar-refractivity contribution in [3.8, 4) is 21.7 Å². The van der Waals surface area contributed by atoms with Crippen molar-refractivity contribution < 1.29 is 12.8 Å². The van der Waals surface area contributed by atoms with Gasteiger partial charge in [-0.2, -0.15) is 0 Å². The lowest BCUT2D eigenvalue weighted by molar-refractivity contribution is 0.602. The average molecular weight is 434 g/mol. The van der Waals surface area contributed by atoms with Gasteiger partial charge in [-0.1, -0.05) is 36.4 Å². The number of thiazole rings is 1. The van der Waals surface area contributed by atoms with Crippen LogP contribution in [0.4, 0.5) is 4.39 Å². The minimum atomic E-state index is -3.28. The zero-order valence-corrected chi connectivity index (χ0v) is 17.6. The summed E-state index contributed by atoms with van der Waals surface area (Å²) in [7, 11) is -3.28. The fraction of sp³-hybridized carbons (Fsp3) is 0.0952. The molecular weight excluding hydrogens is 417 g/mol. The molecule has 0 aliphatic heterocycles. The fourth-order valence-corrected chi connectivity index (χ4v) is 4.43. The molecular formula is C21H17ClFNO2S2. The maximum absolute atomic E-state index is 13.4. The predicted molar refractivity (Wildman–Crippen MR) is 115 cm³/mol. The van der Waals surface area contributed by atoms with Gasteiger partial charge in [0.15, 0.2) is 9.84 Å². The lowest BCUT2D eigenvalue weighted by atomic mass is 10.1. The third kappa shape index (κ3) is 4.24. The summed E-state index contributed by atoms with van der Waals surface area (Å²) in [6.07, 6.45) is 2.91. The van der Waals surface area contributed by atoms with Crippen molar-refractivity contribution in [2.75, 3.05) is 6.26 Å². The number of sulfone groups is 1. The quantitative estimate of drug-likeness (QED) is 0.451. The second kappa shape index (κ2) is 7.99. The van der Waals surface area contributed by atoms with Gasteiger partial charge >= 0.3 is 0 Å². The van der Waals surface area contributed by atoms with Gasteiger partial charge in [-0.05, 0) is 48.9 Å². The van der Waals surface area contributed by atoms with E-state index in [9.17, 15) is 12.8 Å². The second-order valence-electron chi connectivity index (χ2n) is 6.12. The Bertz CT molecular complexity index is 1160. The number of allylic oxidation sites excluding steroid dienone is 3. The van der Waals surface area contributed by atoms with Crippen molar-refractivity contribution in [3.05, 3.63) is 77.0 Å².